The van der Waals surface area contributed by atoms with Crippen LogP contribution < -0.4 is 16.0 Å². The molecule has 1 radical (unpaired) electrons. The second-order valence-corrected chi connectivity index (χ2v) is 10.7. The Hall–Kier alpha value is -3.06. The Morgan fingerprint density at radius 2 is 1.02 bits per heavy atom. The lowest BCUT2D eigenvalue weighted by molar-refractivity contribution is -0.142. The molecule has 0 saturated heterocycles. The number of rotatable bonds is 32. The molecule has 0 rings (SSSR count). The molecule has 0 bridgehead atoms. The Balaban J connectivity index is 3.43. The maximum absolute atomic E-state index is 11.9. The maximum Gasteiger partial charge on any atom is 0.326 e. The van der Waals surface area contributed by atoms with Gasteiger partial charge in [0.05, 0.1) is 13.2 Å². The van der Waals surface area contributed by atoms with Gasteiger partial charge in [-0.05, 0) is 32.1 Å². The van der Waals surface area contributed by atoms with Crippen LogP contribution in [0.1, 0.15) is 116 Å². The zero-order chi connectivity index (χ0) is 32.7. The number of carbonyl (C=O) groups excluding carboxylic acids is 4. The standard InChI is InChI=1S/C31H54N3O10/c35-21-11-14-26(31(41)42)34-29(38)18-17-28(37)33-20-13-23-44-25-24-43-22-12-19-32-27(36)15-9-7-5-3-1-2-4-6-8-10-16-30(39)40/h26H,1-20,22-25H2,(H,32,36)(H,33,37)(H,34,38)(H,39,40)(H,41,42)/t26-/m0/s1. The highest BCUT2D eigenvalue weighted by atomic mass is 16.5. The van der Waals surface area contributed by atoms with Crippen LogP contribution >= 0.6 is 0 Å². The van der Waals surface area contributed by atoms with Crippen LogP contribution in [0.25, 0.3) is 0 Å². The van der Waals surface area contributed by atoms with Crippen molar-refractivity contribution in [1.82, 2.24) is 16.0 Å². The SMILES string of the molecule is O=[C]CC[C@H](NC(=O)CCC(=O)NCCCOCCOCCCNC(=O)CCCCCCCCCCCCC(=O)O)C(=O)O. The first-order valence-electron chi connectivity index (χ1n) is 16.0. The average Bonchev–Trinajstić information content (AvgIpc) is 2.98. The van der Waals surface area contributed by atoms with Gasteiger partial charge in [-0.3, -0.25) is 24.0 Å². The number of carboxylic acid groups (broad SMARTS) is 2. The quantitative estimate of drug-likeness (QED) is 0.0690. The number of nitrogens with one attached hydrogen (secondary N) is 3. The molecule has 253 valence electrons. The summed E-state index contributed by atoms with van der Waals surface area (Å²) in [6, 6.07) is -1.18. The average molecular weight is 629 g/mol. The molecule has 3 amide bonds. The van der Waals surface area contributed by atoms with Crippen LogP contribution in [-0.2, 0) is 38.2 Å². The number of amides is 3. The number of carbonyl (C=O) groups is 5. The Labute approximate surface area is 261 Å². The van der Waals surface area contributed by atoms with Gasteiger partial charge in [0, 0.05) is 58.4 Å². The lowest BCUT2D eigenvalue weighted by Gasteiger charge is -2.13. The Morgan fingerprint density at radius 1 is 0.568 bits per heavy atom. The maximum atomic E-state index is 11.9. The summed E-state index contributed by atoms with van der Waals surface area (Å²) in [5.41, 5.74) is 0. The number of hydrogen-bond donors (Lipinski definition) is 5. The number of carboxylic acids is 2. The highest BCUT2D eigenvalue weighted by molar-refractivity contribution is 5.87. The van der Waals surface area contributed by atoms with Crippen molar-refractivity contribution in [2.45, 2.75) is 122 Å². The molecule has 0 aromatic rings. The molecule has 13 heteroatoms. The van der Waals surface area contributed by atoms with E-state index in [-0.39, 0.29) is 43.9 Å². The molecule has 0 spiro atoms. The minimum atomic E-state index is -1.24. The zero-order valence-corrected chi connectivity index (χ0v) is 26.2. The summed E-state index contributed by atoms with van der Waals surface area (Å²) in [6.45, 7) is 2.77. The van der Waals surface area contributed by atoms with E-state index < -0.39 is 23.9 Å². The van der Waals surface area contributed by atoms with Crippen LogP contribution in [0, 0.1) is 0 Å². The highest BCUT2D eigenvalue weighted by Crippen LogP contribution is 2.12. The molecule has 13 nitrogen and oxygen atoms in total. The van der Waals surface area contributed by atoms with Crippen molar-refractivity contribution in [3.05, 3.63) is 0 Å². The molecule has 0 aromatic heterocycles. The monoisotopic (exact) mass is 628 g/mol. The summed E-state index contributed by atoms with van der Waals surface area (Å²) < 4.78 is 11.0. The van der Waals surface area contributed by atoms with Crippen molar-refractivity contribution in [1.29, 1.82) is 0 Å². The van der Waals surface area contributed by atoms with Crippen molar-refractivity contribution < 1.29 is 48.5 Å². The summed E-state index contributed by atoms with van der Waals surface area (Å²) in [5.74, 6) is -2.78. The van der Waals surface area contributed by atoms with E-state index in [0.29, 0.717) is 52.4 Å². The van der Waals surface area contributed by atoms with E-state index in [9.17, 15) is 28.8 Å². The fourth-order valence-electron chi connectivity index (χ4n) is 4.23. The summed E-state index contributed by atoms with van der Waals surface area (Å²) in [6.07, 6.45) is 14.0. The molecule has 0 aliphatic carbocycles. The summed E-state index contributed by atoms with van der Waals surface area (Å²) >= 11 is 0. The second kappa shape index (κ2) is 30.0. The number of unbranched alkanes of at least 4 members (excludes halogenated alkanes) is 9. The first-order chi connectivity index (χ1) is 21.3. The van der Waals surface area contributed by atoms with E-state index in [1.54, 1.807) is 6.29 Å². The van der Waals surface area contributed by atoms with Gasteiger partial charge in [0.15, 0.2) is 6.29 Å². The van der Waals surface area contributed by atoms with Crippen molar-refractivity contribution in [3.63, 3.8) is 0 Å². The summed E-state index contributed by atoms with van der Waals surface area (Å²) in [5, 5.41) is 25.5. The number of ether oxygens (including phenoxy) is 2. The Kier molecular flexibility index (Phi) is 27.9. The fourth-order valence-corrected chi connectivity index (χ4v) is 4.23. The van der Waals surface area contributed by atoms with E-state index in [1.807, 2.05) is 0 Å². The molecule has 0 aromatic carbocycles. The molecule has 0 heterocycles. The predicted molar refractivity (Wildman–Crippen MR) is 164 cm³/mol. The minimum absolute atomic E-state index is 0.0504. The number of aliphatic carboxylic acids is 2. The lowest BCUT2D eigenvalue weighted by Crippen LogP contribution is -2.41. The third-order valence-corrected chi connectivity index (χ3v) is 6.74. The molecule has 44 heavy (non-hydrogen) atoms. The molecule has 5 N–H and O–H groups in total. The fraction of sp³-hybridized carbons (Fsp3) is 0.806. The van der Waals surface area contributed by atoms with Crippen LogP contribution in [0.5, 0.6) is 0 Å². The van der Waals surface area contributed by atoms with Gasteiger partial charge < -0.3 is 35.6 Å². The summed E-state index contributed by atoms with van der Waals surface area (Å²) in [4.78, 5) is 67.4. The Morgan fingerprint density at radius 3 is 1.50 bits per heavy atom. The molecular weight excluding hydrogens is 574 g/mol. The van der Waals surface area contributed by atoms with Crippen LogP contribution in [0.15, 0.2) is 0 Å². The largest absolute Gasteiger partial charge is 0.481 e. The lowest BCUT2D eigenvalue weighted by atomic mass is 10.1. The van der Waals surface area contributed by atoms with Crippen LogP contribution in [-0.4, -0.2) is 91.7 Å². The van der Waals surface area contributed by atoms with Gasteiger partial charge in [-0.25, -0.2) is 4.79 Å². The van der Waals surface area contributed by atoms with Crippen LogP contribution in [0.4, 0.5) is 0 Å². The van der Waals surface area contributed by atoms with Gasteiger partial charge in [0.25, 0.3) is 0 Å². The zero-order valence-electron chi connectivity index (χ0n) is 26.2. The second-order valence-electron chi connectivity index (χ2n) is 10.7. The van der Waals surface area contributed by atoms with Gasteiger partial charge in [-0.2, -0.15) is 0 Å². The minimum Gasteiger partial charge on any atom is -0.481 e. The highest BCUT2D eigenvalue weighted by Gasteiger charge is 2.19. The molecule has 1 atom stereocenters. The first-order valence-corrected chi connectivity index (χ1v) is 16.0. The van der Waals surface area contributed by atoms with E-state index in [2.05, 4.69) is 16.0 Å². The third kappa shape index (κ3) is 29.0. The van der Waals surface area contributed by atoms with Gasteiger partial charge in [-0.1, -0.05) is 51.4 Å². The van der Waals surface area contributed by atoms with Gasteiger partial charge in [0.1, 0.15) is 6.04 Å². The van der Waals surface area contributed by atoms with Crippen LogP contribution in [0.3, 0.4) is 0 Å². The molecule has 0 fully saturated rings. The molecular formula is C31H54N3O10. The topological polar surface area (TPSA) is 197 Å². The molecule has 0 unspecified atom stereocenters. The predicted octanol–water partition coefficient (Wildman–Crippen LogP) is 3.04. The summed E-state index contributed by atoms with van der Waals surface area (Å²) in [7, 11) is 0. The molecule has 0 aliphatic rings. The first kappa shape index (κ1) is 40.9. The van der Waals surface area contributed by atoms with Crippen molar-refractivity contribution in [3.8, 4) is 0 Å². The molecule has 0 saturated carbocycles. The van der Waals surface area contributed by atoms with Gasteiger partial charge in [-0.15, -0.1) is 0 Å². The van der Waals surface area contributed by atoms with Crippen LogP contribution in [0.2, 0.25) is 0 Å². The van der Waals surface area contributed by atoms with Gasteiger partial charge in [0.2, 0.25) is 17.7 Å². The van der Waals surface area contributed by atoms with E-state index >= 15 is 0 Å². The third-order valence-electron chi connectivity index (χ3n) is 6.74. The van der Waals surface area contributed by atoms with Crippen molar-refractivity contribution in [2.75, 3.05) is 39.5 Å². The Bertz CT molecular complexity index is 810. The smallest absolute Gasteiger partial charge is 0.326 e. The molecule has 0 aliphatic heterocycles. The van der Waals surface area contributed by atoms with E-state index in [1.165, 1.54) is 25.7 Å². The van der Waals surface area contributed by atoms with E-state index in [4.69, 9.17) is 19.7 Å². The van der Waals surface area contributed by atoms with Gasteiger partial charge >= 0.3 is 11.9 Å². The van der Waals surface area contributed by atoms with Crippen molar-refractivity contribution in [2.24, 2.45) is 0 Å². The normalized spacial score (nSPS) is 11.5. The van der Waals surface area contributed by atoms with E-state index in [0.717, 1.165) is 44.9 Å². The number of hydrogen-bond acceptors (Lipinski definition) is 8. The van der Waals surface area contributed by atoms with Crippen molar-refractivity contribution >= 4 is 35.9 Å².